The van der Waals surface area contributed by atoms with E-state index in [2.05, 4.69) is 0 Å². The molecule has 1 heterocycles. The van der Waals surface area contributed by atoms with Gasteiger partial charge in [-0.1, -0.05) is 0 Å². The fraction of sp³-hybridized carbons (Fsp3) is 0.917. The Balaban J connectivity index is 0.00000361. The summed E-state index contributed by atoms with van der Waals surface area (Å²) in [4.78, 5) is 12.5. The first-order valence-corrected chi connectivity index (χ1v) is 6.37. The van der Waals surface area contributed by atoms with Gasteiger partial charge in [0, 0.05) is 26.8 Å². The molecule has 0 bridgehead atoms. The number of hydrogen-bond donors (Lipinski definition) is 1. The zero-order chi connectivity index (χ0) is 14.5. The number of aliphatic carboxylic acids is 1. The first-order chi connectivity index (χ1) is 8.86. The van der Waals surface area contributed by atoms with E-state index in [0.29, 0.717) is 13.2 Å². The van der Waals surface area contributed by atoms with Crippen LogP contribution in [0, 0.1) is 11.8 Å². The highest BCUT2D eigenvalue weighted by Crippen LogP contribution is 2.37. The van der Waals surface area contributed by atoms with Crippen LogP contribution in [0.1, 0.15) is 19.3 Å². The lowest BCUT2D eigenvalue weighted by Crippen LogP contribution is -2.33. The number of alkyl halides is 3. The number of rotatable bonds is 7. The highest BCUT2D eigenvalue weighted by molar-refractivity contribution is 5.85. The van der Waals surface area contributed by atoms with Crippen LogP contribution in [0.3, 0.4) is 0 Å². The van der Waals surface area contributed by atoms with Crippen LogP contribution < -0.4 is 0 Å². The zero-order valence-electron chi connectivity index (χ0n) is 11.4. The van der Waals surface area contributed by atoms with Gasteiger partial charge in [0.25, 0.3) is 0 Å². The van der Waals surface area contributed by atoms with Crippen LogP contribution in [0.25, 0.3) is 0 Å². The number of nitrogens with zero attached hydrogens (tertiary/aromatic N) is 1. The molecular formula is C12H21ClF3NO3. The first kappa shape index (κ1) is 19.5. The van der Waals surface area contributed by atoms with Gasteiger partial charge < -0.3 is 14.7 Å². The highest BCUT2D eigenvalue weighted by Gasteiger charge is 2.52. The summed E-state index contributed by atoms with van der Waals surface area (Å²) in [5.74, 6) is -4.44. The molecule has 1 aliphatic rings. The molecule has 0 aromatic rings. The van der Waals surface area contributed by atoms with Crippen molar-refractivity contribution in [3.05, 3.63) is 0 Å². The van der Waals surface area contributed by atoms with Crippen LogP contribution in [-0.2, 0) is 9.53 Å². The Bertz CT molecular complexity index is 302. The predicted octanol–water partition coefficient (Wildman–Crippen LogP) is 2.42. The number of halogens is 4. The molecule has 0 aromatic carbocycles. The summed E-state index contributed by atoms with van der Waals surface area (Å²) < 4.78 is 43.1. The van der Waals surface area contributed by atoms with Crippen LogP contribution in [-0.4, -0.2) is 55.5 Å². The standard InChI is InChI=1S/C12H20F3NO3.ClH/c1-19-6-4-2-3-5-16-7-9(11(17)18)10(8-16)12(13,14)15;/h9-10H,2-8H2,1H3,(H,17,18);1H/t9-,10-;/m1./s1. The summed E-state index contributed by atoms with van der Waals surface area (Å²) in [7, 11) is 1.60. The molecular weight excluding hydrogens is 299 g/mol. The maximum absolute atomic E-state index is 12.7. The molecule has 0 unspecified atom stereocenters. The van der Waals surface area contributed by atoms with Crippen molar-refractivity contribution < 1.29 is 27.8 Å². The van der Waals surface area contributed by atoms with E-state index in [1.807, 2.05) is 0 Å². The molecule has 0 amide bonds. The van der Waals surface area contributed by atoms with Gasteiger partial charge in [0.2, 0.25) is 0 Å². The van der Waals surface area contributed by atoms with E-state index in [4.69, 9.17) is 9.84 Å². The van der Waals surface area contributed by atoms with E-state index in [1.165, 1.54) is 0 Å². The Labute approximate surface area is 122 Å². The largest absolute Gasteiger partial charge is 0.481 e. The Kier molecular flexibility index (Phi) is 8.46. The lowest BCUT2D eigenvalue weighted by atomic mass is 9.96. The van der Waals surface area contributed by atoms with Gasteiger partial charge in [-0.2, -0.15) is 13.2 Å². The summed E-state index contributed by atoms with van der Waals surface area (Å²) in [5.41, 5.74) is 0. The molecule has 1 N–H and O–H groups in total. The normalized spacial score (nSPS) is 23.6. The van der Waals surface area contributed by atoms with E-state index in [9.17, 15) is 18.0 Å². The molecule has 0 aromatic heterocycles. The van der Waals surface area contributed by atoms with E-state index in [-0.39, 0.29) is 25.5 Å². The molecule has 1 aliphatic heterocycles. The van der Waals surface area contributed by atoms with Crippen LogP contribution >= 0.6 is 12.4 Å². The van der Waals surface area contributed by atoms with Crippen molar-refractivity contribution in [3.8, 4) is 0 Å². The Morgan fingerprint density at radius 1 is 1.30 bits per heavy atom. The fourth-order valence-electron chi connectivity index (χ4n) is 2.41. The molecule has 1 fully saturated rings. The lowest BCUT2D eigenvalue weighted by Gasteiger charge is -2.18. The van der Waals surface area contributed by atoms with E-state index in [1.54, 1.807) is 12.0 Å². The summed E-state index contributed by atoms with van der Waals surface area (Å²) >= 11 is 0. The number of unbranched alkanes of at least 4 members (excludes halogenated alkanes) is 2. The third-order valence-electron chi connectivity index (χ3n) is 3.46. The Morgan fingerprint density at radius 2 is 1.95 bits per heavy atom. The van der Waals surface area contributed by atoms with Crippen molar-refractivity contribution in [3.63, 3.8) is 0 Å². The number of carbonyl (C=O) groups is 1. The first-order valence-electron chi connectivity index (χ1n) is 6.37. The molecule has 0 saturated carbocycles. The number of carboxylic acid groups (broad SMARTS) is 1. The van der Waals surface area contributed by atoms with E-state index >= 15 is 0 Å². The second-order valence-corrected chi connectivity index (χ2v) is 4.91. The highest BCUT2D eigenvalue weighted by atomic mass is 35.5. The second kappa shape index (κ2) is 8.69. The molecule has 8 heteroatoms. The average molecular weight is 320 g/mol. The number of ether oxygens (including phenoxy) is 1. The maximum atomic E-state index is 12.7. The Hall–Kier alpha value is -0.530. The molecule has 0 aliphatic carbocycles. The molecule has 2 atom stereocenters. The topological polar surface area (TPSA) is 49.8 Å². The third kappa shape index (κ3) is 5.85. The van der Waals surface area contributed by atoms with E-state index in [0.717, 1.165) is 19.3 Å². The predicted molar refractivity (Wildman–Crippen MR) is 70.1 cm³/mol. The van der Waals surface area contributed by atoms with Crippen LogP contribution in [0.15, 0.2) is 0 Å². The van der Waals surface area contributed by atoms with Gasteiger partial charge in [-0.05, 0) is 25.8 Å². The van der Waals surface area contributed by atoms with Crippen LogP contribution in [0.2, 0.25) is 0 Å². The molecule has 120 valence electrons. The van der Waals surface area contributed by atoms with Crippen molar-refractivity contribution in [2.75, 3.05) is 33.4 Å². The minimum absolute atomic E-state index is 0. The van der Waals surface area contributed by atoms with Crippen molar-refractivity contribution in [1.82, 2.24) is 4.90 Å². The molecule has 20 heavy (non-hydrogen) atoms. The average Bonchev–Trinajstić information content (AvgIpc) is 2.73. The fourth-order valence-corrected chi connectivity index (χ4v) is 2.41. The lowest BCUT2D eigenvalue weighted by molar-refractivity contribution is -0.188. The number of hydrogen-bond acceptors (Lipinski definition) is 3. The summed E-state index contributed by atoms with van der Waals surface area (Å²) in [5, 5.41) is 8.86. The zero-order valence-corrected chi connectivity index (χ0v) is 12.2. The summed E-state index contributed by atoms with van der Waals surface area (Å²) in [6, 6.07) is 0. The molecule has 0 radical (unpaired) electrons. The molecule has 1 saturated heterocycles. The smallest absolute Gasteiger partial charge is 0.393 e. The van der Waals surface area contributed by atoms with Crippen LogP contribution in [0.5, 0.6) is 0 Å². The van der Waals surface area contributed by atoms with Crippen LogP contribution in [0.4, 0.5) is 13.2 Å². The number of carboxylic acids is 1. The monoisotopic (exact) mass is 319 g/mol. The van der Waals surface area contributed by atoms with Crippen molar-refractivity contribution in [1.29, 1.82) is 0 Å². The van der Waals surface area contributed by atoms with Gasteiger partial charge in [-0.25, -0.2) is 0 Å². The van der Waals surface area contributed by atoms with Gasteiger partial charge in [0.05, 0.1) is 11.8 Å². The van der Waals surface area contributed by atoms with Gasteiger partial charge in [-0.3, -0.25) is 4.79 Å². The summed E-state index contributed by atoms with van der Waals surface area (Å²) in [6.45, 7) is 0.942. The SMILES string of the molecule is COCCCCCN1C[C@@H](C(F)(F)F)[C@H](C(=O)O)C1.Cl. The van der Waals surface area contributed by atoms with Crippen molar-refractivity contribution >= 4 is 18.4 Å². The van der Waals surface area contributed by atoms with Crippen molar-refractivity contribution in [2.24, 2.45) is 11.8 Å². The second-order valence-electron chi connectivity index (χ2n) is 4.91. The van der Waals surface area contributed by atoms with Crippen molar-refractivity contribution in [2.45, 2.75) is 25.4 Å². The Morgan fingerprint density at radius 3 is 2.40 bits per heavy atom. The number of likely N-dealkylation sites (tertiary alicyclic amines) is 1. The van der Waals surface area contributed by atoms with Gasteiger partial charge in [-0.15, -0.1) is 12.4 Å². The maximum Gasteiger partial charge on any atom is 0.393 e. The van der Waals surface area contributed by atoms with Gasteiger partial charge in [0.15, 0.2) is 0 Å². The van der Waals surface area contributed by atoms with Gasteiger partial charge in [0.1, 0.15) is 0 Å². The minimum Gasteiger partial charge on any atom is -0.481 e. The molecule has 1 rings (SSSR count). The third-order valence-corrected chi connectivity index (χ3v) is 3.46. The molecule has 0 spiro atoms. The number of methoxy groups -OCH3 is 1. The van der Waals surface area contributed by atoms with Gasteiger partial charge >= 0.3 is 12.1 Å². The van der Waals surface area contributed by atoms with E-state index < -0.39 is 24.0 Å². The molecule has 4 nitrogen and oxygen atoms in total. The quantitative estimate of drug-likeness (QED) is 0.732. The minimum atomic E-state index is -4.44. The summed E-state index contributed by atoms with van der Waals surface area (Å²) in [6.07, 6.45) is -1.93.